The van der Waals surface area contributed by atoms with Crippen LogP contribution >= 0.6 is 0 Å². The molecule has 0 aliphatic rings. The van der Waals surface area contributed by atoms with Crippen molar-refractivity contribution in [1.82, 2.24) is 0 Å². The summed E-state index contributed by atoms with van der Waals surface area (Å²) in [6.07, 6.45) is 0. The average Bonchev–Trinajstić information content (AvgIpc) is 0. The molecule has 0 saturated carbocycles. The molecule has 6 heavy (non-hydrogen) atoms. The predicted octanol–water partition coefficient (Wildman–Crippen LogP) is -1.91. The van der Waals surface area contributed by atoms with E-state index >= 15 is 0 Å². The van der Waals surface area contributed by atoms with Crippen LogP contribution in [-0.2, 0) is 21.7 Å². The minimum atomic E-state index is 0. The largest absolute Gasteiger partial charge is 0 e. The van der Waals surface area contributed by atoms with E-state index in [-0.39, 0.29) is 66.3 Å². The normalized spacial score (nSPS) is 0. The van der Waals surface area contributed by atoms with Crippen molar-refractivity contribution < 1.29 is 21.7 Å². The van der Waals surface area contributed by atoms with Gasteiger partial charge < -0.3 is 0 Å². The molecule has 0 aromatic carbocycles. The SMILES string of the molecule is [B].[B].[B].[B].[Si].[Ti]. The summed E-state index contributed by atoms with van der Waals surface area (Å²) in [5.41, 5.74) is 0. The van der Waals surface area contributed by atoms with Crippen LogP contribution in [0.2, 0.25) is 0 Å². The maximum atomic E-state index is 0. The van der Waals surface area contributed by atoms with Gasteiger partial charge in [-0.05, 0) is 0 Å². The van der Waals surface area contributed by atoms with Crippen molar-refractivity contribution in [3.63, 3.8) is 0 Å². The van der Waals surface area contributed by atoms with Gasteiger partial charge in [0.2, 0.25) is 0 Å². The zero-order valence-corrected chi connectivity index (χ0v) is 5.87. The van der Waals surface area contributed by atoms with Gasteiger partial charge in [0, 0.05) is 66.3 Å². The molecule has 0 unspecified atom stereocenters. The molecule has 0 aliphatic heterocycles. The first kappa shape index (κ1) is 194. The van der Waals surface area contributed by atoms with Crippen LogP contribution in [0.15, 0.2) is 0 Å². The van der Waals surface area contributed by atoms with Crippen LogP contribution < -0.4 is 0 Å². The van der Waals surface area contributed by atoms with Gasteiger partial charge >= 0.3 is 0 Å². The Hall–Kier alpha value is 1.19. The quantitative estimate of drug-likeness (QED) is 0.327. The maximum absolute atomic E-state index is 0. The predicted molar refractivity (Wildman–Crippen MR) is 28.8 cm³/mol. The molecule has 0 saturated heterocycles. The van der Waals surface area contributed by atoms with Crippen LogP contribution in [0.25, 0.3) is 0 Å². The van der Waals surface area contributed by atoms with Crippen LogP contribution in [0.5, 0.6) is 0 Å². The summed E-state index contributed by atoms with van der Waals surface area (Å²) in [5.74, 6) is 0. The first-order valence-electron chi connectivity index (χ1n) is 0. The van der Waals surface area contributed by atoms with Crippen molar-refractivity contribution >= 4 is 44.6 Å². The topological polar surface area (TPSA) is 0 Å². The molecule has 16 radical (unpaired) electrons. The third kappa shape index (κ3) is 64.3. The van der Waals surface area contributed by atoms with Gasteiger partial charge in [0.05, 0.1) is 0 Å². The monoisotopic (exact) mass is 120 g/mol. The fourth-order valence-electron chi connectivity index (χ4n) is 0. The molecular weight excluding hydrogens is 119 g/mol. The van der Waals surface area contributed by atoms with Crippen molar-refractivity contribution in [1.29, 1.82) is 0 Å². The third-order valence-corrected chi connectivity index (χ3v) is 0. The third-order valence-electron chi connectivity index (χ3n) is 0. The Bertz CT molecular complexity index is 7.51. The molecule has 0 nitrogen and oxygen atoms in total. The Morgan fingerprint density at radius 2 is 0.500 bits per heavy atom. The number of hydrogen-bond acceptors (Lipinski definition) is 0. The molecule has 0 fully saturated rings. The van der Waals surface area contributed by atoms with E-state index in [4.69, 9.17) is 0 Å². The van der Waals surface area contributed by atoms with E-state index in [9.17, 15) is 0 Å². The zero-order valence-electron chi connectivity index (χ0n) is 3.31. The molecule has 0 heterocycles. The molecule has 0 aliphatic carbocycles. The van der Waals surface area contributed by atoms with Gasteiger partial charge in [-0.15, -0.1) is 0 Å². The molecular formula is B4SiTi. The maximum Gasteiger partial charge on any atom is 0 e. The van der Waals surface area contributed by atoms with E-state index in [2.05, 4.69) is 0 Å². The molecule has 0 aromatic rings. The van der Waals surface area contributed by atoms with E-state index < -0.39 is 0 Å². The number of rotatable bonds is 0. The summed E-state index contributed by atoms with van der Waals surface area (Å²) in [4.78, 5) is 0. The van der Waals surface area contributed by atoms with Gasteiger partial charge in [-0.2, -0.15) is 0 Å². The Morgan fingerprint density at radius 3 is 0.500 bits per heavy atom. The van der Waals surface area contributed by atoms with Crippen molar-refractivity contribution in [2.75, 3.05) is 0 Å². The summed E-state index contributed by atoms with van der Waals surface area (Å²) in [7, 11) is 0. The van der Waals surface area contributed by atoms with E-state index in [0.29, 0.717) is 0 Å². The van der Waals surface area contributed by atoms with Gasteiger partial charge in [0.25, 0.3) is 0 Å². The first-order chi connectivity index (χ1) is 0. The summed E-state index contributed by atoms with van der Waals surface area (Å²) in [6.45, 7) is 0. The molecule has 0 amide bonds. The Labute approximate surface area is 66.4 Å². The standard InChI is InChI=1S/4B.Si.Ti. The van der Waals surface area contributed by atoms with E-state index in [1.165, 1.54) is 0 Å². The van der Waals surface area contributed by atoms with Crippen LogP contribution in [0.3, 0.4) is 0 Å². The Balaban J connectivity index is 0. The number of hydrogen-bond donors (Lipinski definition) is 0. The zero-order chi connectivity index (χ0) is 0. The van der Waals surface area contributed by atoms with E-state index in [1.54, 1.807) is 0 Å². The molecule has 0 aromatic heterocycles. The fraction of sp³-hybridized carbons (Fsp3) is 0. The van der Waals surface area contributed by atoms with Crippen LogP contribution in [0.4, 0.5) is 0 Å². The Kier molecular flexibility index (Phi) is 3810. The second kappa shape index (κ2) is 118. The summed E-state index contributed by atoms with van der Waals surface area (Å²) in [6, 6.07) is 0. The van der Waals surface area contributed by atoms with Crippen molar-refractivity contribution in [2.45, 2.75) is 0 Å². The minimum absolute atomic E-state index is 0. The minimum Gasteiger partial charge on any atom is 0 e. The second-order valence-electron chi connectivity index (χ2n) is 0. The smallest absolute Gasteiger partial charge is 0 e. The molecule has 0 spiro atoms. The van der Waals surface area contributed by atoms with Crippen LogP contribution in [-0.4, -0.2) is 44.6 Å². The summed E-state index contributed by atoms with van der Waals surface area (Å²) in [5, 5.41) is 0. The molecule has 20 valence electrons. The van der Waals surface area contributed by atoms with Gasteiger partial charge in [0.15, 0.2) is 0 Å². The average molecular weight is 119 g/mol. The van der Waals surface area contributed by atoms with Gasteiger partial charge in [0.1, 0.15) is 0 Å². The van der Waals surface area contributed by atoms with Gasteiger partial charge in [-0.1, -0.05) is 0 Å². The van der Waals surface area contributed by atoms with Gasteiger partial charge in [-0.25, -0.2) is 0 Å². The first-order valence-corrected chi connectivity index (χ1v) is 0. The molecule has 0 rings (SSSR count). The molecule has 6 heteroatoms. The van der Waals surface area contributed by atoms with Crippen LogP contribution in [0.1, 0.15) is 0 Å². The van der Waals surface area contributed by atoms with E-state index in [0.717, 1.165) is 0 Å². The molecule has 0 atom stereocenters. The molecule has 0 N–H and O–H groups in total. The summed E-state index contributed by atoms with van der Waals surface area (Å²) < 4.78 is 0. The van der Waals surface area contributed by atoms with Crippen molar-refractivity contribution in [3.05, 3.63) is 0 Å². The van der Waals surface area contributed by atoms with E-state index in [1.807, 2.05) is 0 Å². The van der Waals surface area contributed by atoms with Crippen LogP contribution in [0, 0.1) is 0 Å². The van der Waals surface area contributed by atoms with Crippen molar-refractivity contribution in [2.24, 2.45) is 0 Å². The van der Waals surface area contributed by atoms with Gasteiger partial charge in [-0.3, -0.25) is 0 Å². The van der Waals surface area contributed by atoms with Crippen molar-refractivity contribution in [3.8, 4) is 0 Å². The molecule has 0 bridgehead atoms. The Morgan fingerprint density at radius 1 is 0.500 bits per heavy atom. The summed E-state index contributed by atoms with van der Waals surface area (Å²) >= 11 is 0. The fourth-order valence-corrected chi connectivity index (χ4v) is 0. The second-order valence-corrected chi connectivity index (χ2v) is 0.